The number of carbonyl (C=O) groups excluding carboxylic acids is 2. The van der Waals surface area contributed by atoms with Crippen LogP contribution in [0.2, 0.25) is 0 Å². The van der Waals surface area contributed by atoms with Gasteiger partial charge in [-0.1, -0.05) is 24.3 Å². The third-order valence-electron chi connectivity index (χ3n) is 5.06. The van der Waals surface area contributed by atoms with Crippen molar-refractivity contribution in [2.45, 2.75) is 51.5 Å². The predicted molar refractivity (Wildman–Crippen MR) is 109 cm³/mol. The number of nitrogens with zero attached hydrogens (tertiary/aromatic N) is 2. The van der Waals surface area contributed by atoms with Gasteiger partial charge < -0.3 is 19.3 Å². The van der Waals surface area contributed by atoms with Gasteiger partial charge in [0.25, 0.3) is 0 Å². The number of para-hydroxylation sites is 1. The first-order chi connectivity index (χ1) is 14.4. The quantitative estimate of drug-likeness (QED) is 0.705. The van der Waals surface area contributed by atoms with Crippen LogP contribution in [0.4, 0.5) is 18.0 Å². The van der Waals surface area contributed by atoms with E-state index in [0.717, 1.165) is 16.0 Å². The SMILES string of the molecule is CC(C)(C)OC(=O)N1CC=C(c2ccccc2OC2CCN(C(=O)C(F)(F)F)C2)CC1. The highest BCUT2D eigenvalue weighted by atomic mass is 19.4. The number of hydrogen-bond acceptors (Lipinski definition) is 4. The Morgan fingerprint density at radius 1 is 1.06 bits per heavy atom. The second kappa shape index (κ2) is 8.80. The lowest BCUT2D eigenvalue weighted by Crippen LogP contribution is -2.40. The Kier molecular flexibility index (Phi) is 6.52. The lowest BCUT2D eigenvalue weighted by molar-refractivity contribution is -0.184. The van der Waals surface area contributed by atoms with E-state index in [1.54, 1.807) is 17.0 Å². The van der Waals surface area contributed by atoms with Gasteiger partial charge >= 0.3 is 18.2 Å². The topological polar surface area (TPSA) is 59.1 Å². The molecular weight excluding hydrogens is 413 g/mol. The number of amides is 2. The van der Waals surface area contributed by atoms with Crippen molar-refractivity contribution in [1.82, 2.24) is 9.80 Å². The van der Waals surface area contributed by atoms with Crippen molar-refractivity contribution in [2.75, 3.05) is 26.2 Å². The second-order valence-corrected chi connectivity index (χ2v) is 8.68. The number of halogens is 3. The lowest BCUT2D eigenvalue weighted by Gasteiger charge is -2.30. The molecule has 2 aliphatic heterocycles. The fourth-order valence-corrected chi connectivity index (χ4v) is 3.61. The van der Waals surface area contributed by atoms with E-state index in [-0.39, 0.29) is 19.2 Å². The first-order valence-electron chi connectivity index (χ1n) is 10.2. The maximum atomic E-state index is 12.7. The molecule has 6 nitrogen and oxygen atoms in total. The number of alkyl halides is 3. The predicted octanol–water partition coefficient (Wildman–Crippen LogP) is 4.25. The van der Waals surface area contributed by atoms with Gasteiger partial charge in [-0.3, -0.25) is 4.79 Å². The average Bonchev–Trinajstić information content (AvgIpc) is 3.14. The molecular formula is C22H27F3N2O4. The Hall–Kier alpha value is -2.71. The van der Waals surface area contributed by atoms with Crippen LogP contribution in [0.5, 0.6) is 5.75 Å². The fourth-order valence-electron chi connectivity index (χ4n) is 3.61. The summed E-state index contributed by atoms with van der Waals surface area (Å²) in [6, 6.07) is 7.31. The van der Waals surface area contributed by atoms with Gasteiger partial charge in [-0.05, 0) is 38.8 Å². The van der Waals surface area contributed by atoms with Crippen molar-refractivity contribution in [1.29, 1.82) is 0 Å². The van der Waals surface area contributed by atoms with E-state index >= 15 is 0 Å². The van der Waals surface area contributed by atoms with E-state index in [1.165, 1.54) is 0 Å². The van der Waals surface area contributed by atoms with Gasteiger partial charge in [0.1, 0.15) is 17.5 Å². The van der Waals surface area contributed by atoms with Gasteiger partial charge in [0.2, 0.25) is 0 Å². The lowest BCUT2D eigenvalue weighted by atomic mass is 9.98. The molecule has 2 amide bonds. The summed E-state index contributed by atoms with van der Waals surface area (Å²) in [6.45, 7) is 6.25. The first kappa shape index (κ1) is 23.0. The number of ether oxygens (including phenoxy) is 2. The summed E-state index contributed by atoms with van der Waals surface area (Å²) < 4.78 is 49.4. The van der Waals surface area contributed by atoms with Crippen molar-refractivity contribution in [3.05, 3.63) is 35.9 Å². The van der Waals surface area contributed by atoms with Crippen molar-refractivity contribution >= 4 is 17.6 Å². The molecule has 1 aromatic carbocycles. The van der Waals surface area contributed by atoms with Crippen molar-refractivity contribution in [3.63, 3.8) is 0 Å². The molecule has 2 aliphatic rings. The highest BCUT2D eigenvalue weighted by Gasteiger charge is 2.45. The third-order valence-corrected chi connectivity index (χ3v) is 5.06. The number of benzene rings is 1. The Bertz CT molecular complexity index is 861. The molecule has 1 aromatic rings. The van der Waals surface area contributed by atoms with Crippen LogP contribution in [0.25, 0.3) is 5.57 Å². The molecule has 1 unspecified atom stereocenters. The summed E-state index contributed by atoms with van der Waals surface area (Å²) in [5, 5.41) is 0. The number of rotatable bonds is 3. The standard InChI is InChI=1S/C22H27F3N2O4/c1-21(2,3)31-20(29)26-11-8-15(9-12-26)17-6-4-5-7-18(17)30-16-10-13-27(14-16)19(28)22(23,24)25/h4-8,16H,9-14H2,1-3H3. The zero-order chi connectivity index (χ0) is 22.8. The normalized spacial score (nSPS) is 19.8. The maximum Gasteiger partial charge on any atom is 0.471 e. The van der Waals surface area contributed by atoms with E-state index in [2.05, 4.69) is 0 Å². The summed E-state index contributed by atoms with van der Waals surface area (Å²) in [6.07, 6.45) is -2.88. The average molecular weight is 440 g/mol. The molecule has 0 bridgehead atoms. The zero-order valence-corrected chi connectivity index (χ0v) is 17.9. The van der Waals surface area contributed by atoms with Crippen LogP contribution in [0.3, 0.4) is 0 Å². The molecule has 0 radical (unpaired) electrons. The summed E-state index contributed by atoms with van der Waals surface area (Å²) in [5.41, 5.74) is 1.27. The van der Waals surface area contributed by atoms with E-state index in [0.29, 0.717) is 31.7 Å². The Morgan fingerprint density at radius 2 is 1.77 bits per heavy atom. The fraction of sp³-hybridized carbons (Fsp3) is 0.545. The number of carbonyl (C=O) groups is 2. The maximum absolute atomic E-state index is 12.7. The largest absolute Gasteiger partial charge is 0.488 e. The van der Waals surface area contributed by atoms with Gasteiger partial charge in [0, 0.05) is 31.6 Å². The van der Waals surface area contributed by atoms with Gasteiger partial charge in [0.05, 0.1) is 6.54 Å². The molecule has 0 spiro atoms. The molecule has 9 heteroatoms. The molecule has 1 saturated heterocycles. The van der Waals surface area contributed by atoms with Crippen LogP contribution in [-0.4, -0.2) is 65.9 Å². The highest BCUT2D eigenvalue weighted by Crippen LogP contribution is 2.32. The van der Waals surface area contributed by atoms with Crippen molar-refractivity contribution in [3.8, 4) is 5.75 Å². The van der Waals surface area contributed by atoms with Gasteiger partial charge in [-0.25, -0.2) is 4.79 Å². The van der Waals surface area contributed by atoms with Gasteiger partial charge in [-0.2, -0.15) is 13.2 Å². The number of hydrogen-bond donors (Lipinski definition) is 0. The second-order valence-electron chi connectivity index (χ2n) is 8.68. The van der Waals surface area contributed by atoms with E-state index in [4.69, 9.17) is 9.47 Å². The molecule has 0 saturated carbocycles. The van der Waals surface area contributed by atoms with Crippen LogP contribution in [0, 0.1) is 0 Å². The monoisotopic (exact) mass is 440 g/mol. The molecule has 2 heterocycles. The summed E-state index contributed by atoms with van der Waals surface area (Å²) in [4.78, 5) is 26.1. The summed E-state index contributed by atoms with van der Waals surface area (Å²) in [7, 11) is 0. The number of likely N-dealkylation sites (tertiary alicyclic amines) is 1. The van der Waals surface area contributed by atoms with Crippen LogP contribution < -0.4 is 4.74 Å². The van der Waals surface area contributed by atoms with E-state index in [9.17, 15) is 22.8 Å². The molecule has 0 aliphatic carbocycles. The van der Waals surface area contributed by atoms with Crippen LogP contribution >= 0.6 is 0 Å². The molecule has 0 aromatic heterocycles. The van der Waals surface area contributed by atoms with Gasteiger partial charge in [-0.15, -0.1) is 0 Å². The molecule has 1 atom stereocenters. The molecule has 0 N–H and O–H groups in total. The van der Waals surface area contributed by atoms with E-state index < -0.39 is 23.8 Å². The van der Waals surface area contributed by atoms with Crippen LogP contribution in [0.15, 0.2) is 30.3 Å². The molecule has 170 valence electrons. The van der Waals surface area contributed by atoms with Crippen LogP contribution in [-0.2, 0) is 9.53 Å². The van der Waals surface area contributed by atoms with E-state index in [1.807, 2.05) is 39.0 Å². The minimum Gasteiger partial charge on any atom is -0.488 e. The zero-order valence-electron chi connectivity index (χ0n) is 17.9. The molecule has 31 heavy (non-hydrogen) atoms. The highest BCUT2D eigenvalue weighted by molar-refractivity contribution is 5.82. The Balaban J connectivity index is 1.65. The van der Waals surface area contributed by atoms with Crippen molar-refractivity contribution < 1.29 is 32.2 Å². The first-order valence-corrected chi connectivity index (χ1v) is 10.2. The molecule has 3 rings (SSSR count). The smallest absolute Gasteiger partial charge is 0.471 e. The summed E-state index contributed by atoms with van der Waals surface area (Å²) in [5.74, 6) is -1.27. The van der Waals surface area contributed by atoms with Crippen LogP contribution in [0.1, 0.15) is 39.2 Å². The Labute approximate surface area is 179 Å². The minimum absolute atomic E-state index is 0.0126. The minimum atomic E-state index is -4.88. The third kappa shape index (κ3) is 5.92. The van der Waals surface area contributed by atoms with Gasteiger partial charge in [0.15, 0.2) is 0 Å². The van der Waals surface area contributed by atoms with Crippen molar-refractivity contribution in [2.24, 2.45) is 0 Å². The Morgan fingerprint density at radius 3 is 2.39 bits per heavy atom. The summed E-state index contributed by atoms with van der Waals surface area (Å²) >= 11 is 0. The molecule has 1 fully saturated rings.